The number of hydrogen-bond acceptors (Lipinski definition) is 4. The molecule has 0 heterocycles. The van der Waals surface area contributed by atoms with Gasteiger partial charge < -0.3 is 20.5 Å². The normalized spacial score (nSPS) is 13.2. The molecule has 0 saturated carbocycles. The van der Waals surface area contributed by atoms with Crippen LogP contribution in [0.3, 0.4) is 0 Å². The number of ether oxygens (including phenoxy) is 1. The molecule has 1 aromatic rings. The van der Waals surface area contributed by atoms with Gasteiger partial charge in [-0.15, -0.1) is 0 Å². The van der Waals surface area contributed by atoms with Gasteiger partial charge in [0, 0.05) is 12.1 Å². The minimum Gasteiger partial charge on any atom is -0.494 e. The molecule has 6 heteroatoms. The van der Waals surface area contributed by atoms with E-state index in [1.807, 2.05) is 20.8 Å². The van der Waals surface area contributed by atoms with Crippen LogP contribution >= 0.6 is 0 Å². The lowest BCUT2D eigenvalue weighted by Crippen LogP contribution is -2.52. The van der Waals surface area contributed by atoms with Gasteiger partial charge >= 0.3 is 0 Å². The second-order valence-electron chi connectivity index (χ2n) is 6.41. The van der Waals surface area contributed by atoms with Gasteiger partial charge in [-0.2, -0.15) is 0 Å². The van der Waals surface area contributed by atoms with Crippen molar-refractivity contribution < 1.29 is 19.4 Å². The predicted molar refractivity (Wildman–Crippen MR) is 97.1 cm³/mol. The van der Waals surface area contributed by atoms with Crippen LogP contribution in [-0.4, -0.2) is 35.7 Å². The molecule has 1 aromatic carbocycles. The molecule has 3 N–H and O–H groups in total. The Kier molecular flexibility index (Phi) is 8.99. The Hall–Kier alpha value is -2.08. The van der Waals surface area contributed by atoms with Gasteiger partial charge in [0.2, 0.25) is 5.91 Å². The van der Waals surface area contributed by atoms with E-state index in [1.54, 1.807) is 30.8 Å². The van der Waals surface area contributed by atoms with Crippen molar-refractivity contribution in [2.45, 2.75) is 52.7 Å². The lowest BCUT2D eigenvalue weighted by molar-refractivity contribution is -0.124. The molecule has 0 bridgehead atoms. The molecule has 0 aliphatic carbocycles. The van der Waals surface area contributed by atoms with E-state index in [2.05, 4.69) is 10.6 Å². The van der Waals surface area contributed by atoms with Gasteiger partial charge in [0.1, 0.15) is 11.8 Å². The van der Waals surface area contributed by atoms with Crippen molar-refractivity contribution >= 4 is 11.8 Å². The Morgan fingerprint density at radius 3 is 2.60 bits per heavy atom. The van der Waals surface area contributed by atoms with Crippen molar-refractivity contribution in [1.29, 1.82) is 0 Å². The summed E-state index contributed by atoms with van der Waals surface area (Å²) in [6.07, 6.45) is 0.562. The van der Waals surface area contributed by atoms with E-state index in [-0.39, 0.29) is 0 Å². The summed E-state index contributed by atoms with van der Waals surface area (Å²) in [6.45, 7) is 9.74. The Balaban J connectivity index is 2.71. The monoisotopic (exact) mass is 349 g/mol. The van der Waals surface area contributed by atoms with Crippen LogP contribution in [0.2, 0.25) is 0 Å². The molecule has 2 amide bonds. The third kappa shape index (κ3) is 7.56. The number of carbonyl (C=O) groups excluding carboxylic acids is 2. The van der Waals surface area contributed by atoms with Crippen molar-refractivity contribution in [3.63, 3.8) is 0 Å². The molecular weight excluding hydrogens is 320 g/mol. The first-order chi connectivity index (χ1) is 11.8. The highest BCUT2D eigenvalue weighted by Gasteiger charge is 2.26. The fraction of sp³-hybridized carbons (Fsp3) is 0.526. The van der Waals surface area contributed by atoms with E-state index >= 15 is 0 Å². The van der Waals surface area contributed by atoms with Crippen LogP contribution < -0.4 is 15.4 Å². The molecule has 0 unspecified atom stereocenters. The van der Waals surface area contributed by atoms with Gasteiger partial charge in [0.25, 0.3) is 5.91 Å². The molecular formula is C19H29N2O4. The molecule has 0 saturated heterocycles. The van der Waals surface area contributed by atoms with Gasteiger partial charge in [-0.25, -0.2) is 0 Å². The summed E-state index contributed by atoms with van der Waals surface area (Å²) >= 11 is 0. The van der Waals surface area contributed by atoms with Crippen LogP contribution in [0.4, 0.5) is 0 Å². The Morgan fingerprint density at radius 2 is 2.00 bits per heavy atom. The van der Waals surface area contributed by atoms with Crippen molar-refractivity contribution in [2.75, 3.05) is 6.61 Å². The number of amides is 2. The molecule has 0 spiro atoms. The first-order valence-corrected chi connectivity index (χ1v) is 8.69. The molecule has 1 rings (SSSR count). The average molecular weight is 349 g/mol. The maximum absolute atomic E-state index is 12.4. The molecule has 1 radical (unpaired) electrons. The summed E-state index contributed by atoms with van der Waals surface area (Å²) in [7, 11) is 0. The zero-order valence-corrected chi connectivity index (χ0v) is 15.4. The van der Waals surface area contributed by atoms with Crippen molar-refractivity contribution in [2.24, 2.45) is 5.92 Å². The first-order valence-electron chi connectivity index (χ1n) is 8.69. The minimum absolute atomic E-state index is 0.373. The average Bonchev–Trinajstić information content (AvgIpc) is 2.57. The van der Waals surface area contributed by atoms with E-state index in [4.69, 9.17) is 4.74 Å². The zero-order chi connectivity index (χ0) is 18.8. The Bertz CT molecular complexity index is 558. The van der Waals surface area contributed by atoms with Crippen molar-refractivity contribution in [3.05, 3.63) is 36.4 Å². The molecule has 25 heavy (non-hydrogen) atoms. The second-order valence-corrected chi connectivity index (χ2v) is 6.41. The number of hydrogen-bond donors (Lipinski definition) is 3. The fourth-order valence-electron chi connectivity index (χ4n) is 2.06. The van der Waals surface area contributed by atoms with E-state index in [9.17, 15) is 14.7 Å². The molecule has 0 aliphatic heterocycles. The molecule has 6 nitrogen and oxygen atoms in total. The SMILES string of the molecule is CCCOc1cccc(C(=O)N[C@H](C(=O)N[CH]CC(C)C)[C@@H](C)O)c1. The van der Waals surface area contributed by atoms with Gasteiger partial charge in [-0.3, -0.25) is 9.59 Å². The van der Waals surface area contributed by atoms with E-state index < -0.39 is 24.0 Å². The molecule has 2 atom stereocenters. The van der Waals surface area contributed by atoms with Crippen LogP contribution in [0.1, 0.15) is 50.9 Å². The maximum Gasteiger partial charge on any atom is 0.252 e. The quantitative estimate of drug-likeness (QED) is 0.605. The predicted octanol–water partition coefficient (Wildman–Crippen LogP) is 2.28. The third-order valence-electron chi connectivity index (χ3n) is 3.45. The summed E-state index contributed by atoms with van der Waals surface area (Å²) in [5.41, 5.74) is 0.373. The Labute approximate surface area is 150 Å². The fourth-order valence-corrected chi connectivity index (χ4v) is 2.06. The maximum atomic E-state index is 12.4. The lowest BCUT2D eigenvalue weighted by atomic mass is 10.1. The highest BCUT2D eigenvalue weighted by atomic mass is 16.5. The smallest absolute Gasteiger partial charge is 0.252 e. The van der Waals surface area contributed by atoms with E-state index in [0.717, 1.165) is 6.42 Å². The molecule has 139 valence electrons. The topological polar surface area (TPSA) is 87.7 Å². The molecule has 0 fully saturated rings. The number of nitrogens with one attached hydrogen (secondary N) is 2. The van der Waals surface area contributed by atoms with Gasteiger partial charge in [-0.05, 0) is 43.9 Å². The summed E-state index contributed by atoms with van der Waals surface area (Å²) in [5, 5.41) is 15.0. The van der Waals surface area contributed by atoms with Crippen LogP contribution in [-0.2, 0) is 4.79 Å². The van der Waals surface area contributed by atoms with Crippen LogP contribution in [0.25, 0.3) is 0 Å². The first kappa shape index (κ1) is 21.0. The number of aliphatic hydroxyl groups excluding tert-OH is 1. The molecule has 0 aliphatic rings. The molecule has 0 aromatic heterocycles. The van der Waals surface area contributed by atoms with Crippen LogP contribution in [0.5, 0.6) is 5.75 Å². The van der Waals surface area contributed by atoms with Gasteiger partial charge in [0.15, 0.2) is 0 Å². The number of rotatable bonds is 10. The van der Waals surface area contributed by atoms with Crippen molar-refractivity contribution in [1.82, 2.24) is 10.6 Å². The lowest BCUT2D eigenvalue weighted by Gasteiger charge is -2.21. The Morgan fingerprint density at radius 1 is 1.28 bits per heavy atom. The summed E-state index contributed by atoms with van der Waals surface area (Å²) in [6, 6.07) is 5.71. The van der Waals surface area contributed by atoms with Crippen LogP contribution in [0.15, 0.2) is 24.3 Å². The second kappa shape index (κ2) is 10.7. The zero-order valence-electron chi connectivity index (χ0n) is 15.4. The largest absolute Gasteiger partial charge is 0.494 e. The number of carbonyl (C=O) groups is 2. The third-order valence-corrected chi connectivity index (χ3v) is 3.45. The summed E-state index contributed by atoms with van der Waals surface area (Å²) < 4.78 is 5.51. The van der Waals surface area contributed by atoms with Crippen molar-refractivity contribution in [3.8, 4) is 5.75 Å². The highest BCUT2D eigenvalue weighted by Crippen LogP contribution is 2.14. The van der Waals surface area contributed by atoms with Crippen LogP contribution in [0, 0.1) is 12.5 Å². The highest BCUT2D eigenvalue weighted by molar-refractivity contribution is 5.98. The van der Waals surface area contributed by atoms with E-state index in [0.29, 0.717) is 30.3 Å². The van der Waals surface area contributed by atoms with E-state index in [1.165, 1.54) is 6.92 Å². The summed E-state index contributed by atoms with van der Waals surface area (Å²) in [5.74, 6) is 0.123. The number of aliphatic hydroxyl groups is 1. The van der Waals surface area contributed by atoms with Gasteiger partial charge in [-0.1, -0.05) is 26.8 Å². The van der Waals surface area contributed by atoms with Gasteiger partial charge in [0.05, 0.1) is 12.7 Å². The number of benzene rings is 1. The minimum atomic E-state index is -1.03. The standard InChI is InChI=1S/C19H29N2O4/c1-5-11-25-16-8-6-7-15(12-16)18(23)21-17(14(4)22)19(24)20-10-9-13(2)3/h6-8,10,12-14,17,22H,5,9,11H2,1-4H3,(H,20,24)(H,21,23)/t14-,17+/m1/s1. The summed E-state index contributed by atoms with van der Waals surface area (Å²) in [4.78, 5) is 24.6.